The molecule has 1 aliphatic rings. The van der Waals surface area contributed by atoms with Gasteiger partial charge < -0.3 is 4.74 Å². The van der Waals surface area contributed by atoms with Crippen LogP contribution in [0.2, 0.25) is 0 Å². The fourth-order valence-corrected chi connectivity index (χ4v) is 2.29. The Morgan fingerprint density at radius 2 is 1.78 bits per heavy atom. The maximum atomic E-state index is 12.0. The lowest BCUT2D eigenvalue weighted by molar-refractivity contribution is -0.385. The molecule has 1 heterocycles. The van der Waals surface area contributed by atoms with Gasteiger partial charge >= 0.3 is 5.97 Å². The second kappa shape index (κ2) is 5.88. The second-order valence-electron chi connectivity index (χ2n) is 5.18. The molecule has 0 N–H and O–H groups in total. The third-order valence-electron chi connectivity index (χ3n) is 3.51. The Labute approximate surface area is 132 Å². The van der Waals surface area contributed by atoms with Crippen molar-refractivity contribution in [2.45, 2.75) is 6.92 Å². The zero-order chi connectivity index (χ0) is 16.4. The van der Waals surface area contributed by atoms with Gasteiger partial charge in [-0.05, 0) is 25.1 Å². The number of rotatable bonds is 3. The summed E-state index contributed by atoms with van der Waals surface area (Å²) < 4.78 is 5.26. The summed E-state index contributed by atoms with van der Waals surface area (Å²) in [5.74, 6) is -0.0708. The SMILES string of the molecule is Cc1ccc(C2=CC(=Cc3ccccc3[N+](=O)[O-])C(=O)O2)cc1. The number of hydrogen-bond donors (Lipinski definition) is 0. The van der Waals surface area contributed by atoms with Gasteiger partial charge in [0.15, 0.2) is 0 Å². The van der Waals surface area contributed by atoms with E-state index in [-0.39, 0.29) is 11.3 Å². The molecule has 2 aromatic carbocycles. The molecule has 0 amide bonds. The molecule has 5 heteroatoms. The number of para-hydroxylation sites is 1. The first-order chi connectivity index (χ1) is 11.0. The van der Waals surface area contributed by atoms with Crippen molar-refractivity contribution >= 4 is 23.5 Å². The summed E-state index contributed by atoms with van der Waals surface area (Å²) >= 11 is 0. The van der Waals surface area contributed by atoms with E-state index in [9.17, 15) is 14.9 Å². The standard InChI is InChI=1S/C18H13NO4/c1-12-6-8-13(9-7-12)17-11-15(18(20)23-17)10-14-4-2-3-5-16(14)19(21)22/h2-11H,1H3. The normalized spacial score (nSPS) is 15.4. The van der Waals surface area contributed by atoms with E-state index in [0.29, 0.717) is 11.3 Å². The first-order valence-corrected chi connectivity index (χ1v) is 7.00. The van der Waals surface area contributed by atoms with Crippen LogP contribution in [0.4, 0.5) is 5.69 Å². The molecule has 2 aromatic rings. The molecule has 0 atom stereocenters. The summed E-state index contributed by atoms with van der Waals surface area (Å²) in [6.45, 7) is 1.97. The number of hydrogen-bond acceptors (Lipinski definition) is 4. The third kappa shape index (κ3) is 3.03. The van der Waals surface area contributed by atoms with Crippen molar-refractivity contribution in [1.29, 1.82) is 0 Å². The number of aryl methyl sites for hydroxylation is 1. The molecule has 3 rings (SSSR count). The molecule has 0 aliphatic carbocycles. The van der Waals surface area contributed by atoms with E-state index in [1.54, 1.807) is 24.3 Å². The van der Waals surface area contributed by atoms with Crippen LogP contribution in [0.1, 0.15) is 16.7 Å². The number of nitrogens with zero attached hydrogens (tertiary/aromatic N) is 1. The Kier molecular flexibility index (Phi) is 3.76. The molecule has 0 saturated carbocycles. The van der Waals surface area contributed by atoms with Crippen LogP contribution in [-0.2, 0) is 9.53 Å². The van der Waals surface area contributed by atoms with Gasteiger partial charge in [0.2, 0.25) is 0 Å². The third-order valence-corrected chi connectivity index (χ3v) is 3.51. The highest BCUT2D eigenvalue weighted by molar-refractivity contribution is 6.05. The van der Waals surface area contributed by atoms with Crippen molar-refractivity contribution in [3.63, 3.8) is 0 Å². The number of esters is 1. The molecule has 0 unspecified atom stereocenters. The Morgan fingerprint density at radius 3 is 2.48 bits per heavy atom. The van der Waals surface area contributed by atoms with Gasteiger partial charge in [-0.3, -0.25) is 10.1 Å². The zero-order valence-electron chi connectivity index (χ0n) is 12.4. The monoisotopic (exact) mass is 307 g/mol. The molecule has 5 nitrogen and oxygen atoms in total. The van der Waals surface area contributed by atoms with Crippen LogP contribution in [0, 0.1) is 17.0 Å². The number of nitro groups is 1. The molecule has 0 aromatic heterocycles. The molecule has 114 valence electrons. The Bertz CT molecular complexity index is 848. The van der Waals surface area contributed by atoms with Crippen LogP contribution in [0.25, 0.3) is 11.8 Å². The summed E-state index contributed by atoms with van der Waals surface area (Å²) in [4.78, 5) is 22.6. The molecule has 1 aliphatic heterocycles. The summed E-state index contributed by atoms with van der Waals surface area (Å²) in [6.07, 6.45) is 3.07. The van der Waals surface area contributed by atoms with Gasteiger partial charge in [-0.25, -0.2) is 4.79 Å². The van der Waals surface area contributed by atoms with Crippen molar-refractivity contribution in [2.24, 2.45) is 0 Å². The highest BCUT2D eigenvalue weighted by Crippen LogP contribution is 2.29. The van der Waals surface area contributed by atoms with Gasteiger partial charge in [0.1, 0.15) is 5.76 Å². The van der Waals surface area contributed by atoms with Gasteiger partial charge in [-0.15, -0.1) is 0 Å². The Balaban J connectivity index is 1.99. The van der Waals surface area contributed by atoms with Crippen LogP contribution in [0.15, 0.2) is 60.2 Å². The van der Waals surface area contributed by atoms with Crippen molar-refractivity contribution in [2.75, 3.05) is 0 Å². The minimum atomic E-state index is -0.515. The number of carbonyl (C=O) groups excluding carboxylic acids is 1. The summed E-state index contributed by atoms with van der Waals surface area (Å²) in [5, 5.41) is 11.0. The van der Waals surface area contributed by atoms with Crippen LogP contribution < -0.4 is 0 Å². The maximum Gasteiger partial charge on any atom is 0.343 e. The van der Waals surface area contributed by atoms with Gasteiger partial charge in [0.25, 0.3) is 5.69 Å². The number of carbonyl (C=O) groups is 1. The van der Waals surface area contributed by atoms with Crippen molar-refractivity contribution in [3.05, 3.63) is 87.0 Å². The highest BCUT2D eigenvalue weighted by Gasteiger charge is 2.23. The average molecular weight is 307 g/mol. The first kappa shape index (κ1) is 14.7. The summed E-state index contributed by atoms with van der Waals surface area (Å²) in [6, 6.07) is 13.8. The predicted molar refractivity (Wildman–Crippen MR) is 86.3 cm³/mol. The van der Waals surface area contributed by atoms with Crippen molar-refractivity contribution in [1.82, 2.24) is 0 Å². The number of nitro benzene ring substituents is 1. The molecule has 0 radical (unpaired) electrons. The van der Waals surface area contributed by atoms with Gasteiger partial charge in [-0.2, -0.15) is 0 Å². The van der Waals surface area contributed by atoms with E-state index in [4.69, 9.17) is 4.74 Å². The lowest BCUT2D eigenvalue weighted by Gasteiger charge is -2.01. The highest BCUT2D eigenvalue weighted by atomic mass is 16.6. The van der Waals surface area contributed by atoms with E-state index < -0.39 is 10.9 Å². The van der Waals surface area contributed by atoms with Crippen molar-refractivity contribution < 1.29 is 14.5 Å². The first-order valence-electron chi connectivity index (χ1n) is 7.00. The molecule has 0 bridgehead atoms. The quantitative estimate of drug-likeness (QED) is 0.373. The predicted octanol–water partition coefficient (Wildman–Crippen LogP) is 3.88. The molecule has 0 spiro atoms. The van der Waals surface area contributed by atoms with E-state index in [1.165, 1.54) is 12.1 Å². The van der Waals surface area contributed by atoms with Gasteiger partial charge in [0, 0.05) is 11.6 Å². The van der Waals surface area contributed by atoms with Crippen LogP contribution in [0.3, 0.4) is 0 Å². The van der Waals surface area contributed by atoms with Crippen molar-refractivity contribution in [3.8, 4) is 0 Å². The molecular formula is C18H13NO4. The number of benzene rings is 2. The van der Waals surface area contributed by atoms with Crippen LogP contribution in [0.5, 0.6) is 0 Å². The zero-order valence-corrected chi connectivity index (χ0v) is 12.4. The fraction of sp³-hybridized carbons (Fsp3) is 0.0556. The number of cyclic esters (lactones) is 1. The van der Waals surface area contributed by atoms with E-state index in [1.807, 2.05) is 31.2 Å². The lowest BCUT2D eigenvalue weighted by Crippen LogP contribution is -1.98. The van der Waals surface area contributed by atoms with Crippen LogP contribution in [-0.4, -0.2) is 10.9 Å². The van der Waals surface area contributed by atoms with E-state index in [0.717, 1.165) is 11.1 Å². The largest absolute Gasteiger partial charge is 0.422 e. The molecule has 0 fully saturated rings. The Hall–Kier alpha value is -3.21. The second-order valence-corrected chi connectivity index (χ2v) is 5.18. The summed E-state index contributed by atoms with van der Waals surface area (Å²) in [7, 11) is 0. The van der Waals surface area contributed by atoms with E-state index in [2.05, 4.69) is 0 Å². The molecular weight excluding hydrogens is 294 g/mol. The average Bonchev–Trinajstić information content (AvgIpc) is 2.89. The number of ether oxygens (including phenoxy) is 1. The minimum absolute atomic E-state index is 0.0509. The molecule has 0 saturated heterocycles. The van der Waals surface area contributed by atoms with Gasteiger partial charge in [0.05, 0.1) is 16.1 Å². The van der Waals surface area contributed by atoms with Crippen LogP contribution >= 0.6 is 0 Å². The minimum Gasteiger partial charge on any atom is -0.422 e. The topological polar surface area (TPSA) is 69.4 Å². The smallest absolute Gasteiger partial charge is 0.343 e. The fourth-order valence-electron chi connectivity index (χ4n) is 2.29. The van der Waals surface area contributed by atoms with E-state index >= 15 is 0 Å². The maximum absolute atomic E-state index is 12.0. The summed E-state index contributed by atoms with van der Waals surface area (Å²) in [5.41, 5.74) is 2.50. The van der Waals surface area contributed by atoms with Gasteiger partial charge in [-0.1, -0.05) is 42.0 Å². The Morgan fingerprint density at radius 1 is 1.09 bits per heavy atom. The lowest BCUT2D eigenvalue weighted by atomic mass is 10.1. The molecule has 23 heavy (non-hydrogen) atoms.